The van der Waals surface area contributed by atoms with Crippen molar-refractivity contribution in [2.24, 2.45) is 0 Å². The van der Waals surface area contributed by atoms with Crippen molar-refractivity contribution < 1.29 is 4.79 Å². The number of rotatable bonds is 5. The number of carbonyl (C=O) groups excluding carboxylic acids is 1. The Bertz CT molecular complexity index is 503. The van der Waals surface area contributed by atoms with E-state index in [1.54, 1.807) is 7.05 Å². The van der Waals surface area contributed by atoms with Crippen molar-refractivity contribution in [3.8, 4) is 0 Å². The van der Waals surface area contributed by atoms with E-state index in [0.29, 0.717) is 6.54 Å². The highest BCUT2D eigenvalue weighted by molar-refractivity contribution is 5.77. The van der Waals surface area contributed by atoms with Crippen molar-refractivity contribution in [2.75, 3.05) is 34.2 Å². The molecule has 1 aliphatic heterocycles. The lowest BCUT2D eigenvalue weighted by Gasteiger charge is -2.25. The molecule has 1 amide bonds. The van der Waals surface area contributed by atoms with Crippen molar-refractivity contribution in [3.63, 3.8) is 0 Å². The first-order valence-corrected chi connectivity index (χ1v) is 7.43. The lowest BCUT2D eigenvalue weighted by atomic mass is 10.1. The Morgan fingerprint density at radius 1 is 1.52 bits per heavy atom. The smallest absolute Gasteiger partial charge is 0.233 e. The van der Waals surface area contributed by atoms with Crippen LogP contribution < -0.4 is 5.32 Å². The summed E-state index contributed by atoms with van der Waals surface area (Å²) in [7, 11) is 5.76. The molecule has 2 rings (SSSR count). The largest absolute Gasteiger partial charge is 0.358 e. The third-order valence-corrected chi connectivity index (χ3v) is 3.81. The molecule has 1 fully saturated rings. The van der Waals surface area contributed by atoms with Gasteiger partial charge in [0.1, 0.15) is 5.82 Å². The normalized spacial score (nSPS) is 19.2. The van der Waals surface area contributed by atoms with Crippen LogP contribution in [0.25, 0.3) is 0 Å². The predicted molar refractivity (Wildman–Crippen MR) is 81.8 cm³/mol. The Morgan fingerprint density at radius 3 is 2.95 bits per heavy atom. The fourth-order valence-electron chi connectivity index (χ4n) is 2.85. The molecule has 0 radical (unpaired) electrons. The second kappa shape index (κ2) is 6.95. The van der Waals surface area contributed by atoms with Crippen molar-refractivity contribution in [1.82, 2.24) is 25.1 Å². The fourth-order valence-corrected chi connectivity index (χ4v) is 2.85. The molecule has 116 valence electrons. The summed E-state index contributed by atoms with van der Waals surface area (Å²) in [4.78, 5) is 25.0. The van der Waals surface area contributed by atoms with Crippen LogP contribution in [0.1, 0.15) is 36.0 Å². The number of hydrogen-bond donors (Lipinski definition) is 1. The Morgan fingerprint density at radius 2 is 2.29 bits per heavy atom. The zero-order valence-electron chi connectivity index (χ0n) is 13.4. The SMILES string of the molecule is CNC(=O)CN1CCC[C@H]1c1nc(C)ncc1CN(C)C. The van der Waals surface area contributed by atoms with Crippen LogP contribution in [0.15, 0.2) is 6.20 Å². The standard InChI is InChI=1S/C15H25N5O/c1-11-17-8-12(9-19(3)4)15(18-11)13-6-5-7-20(13)10-14(21)16-2/h8,13H,5-7,9-10H2,1-4H3,(H,16,21)/t13-/m0/s1. The van der Waals surface area contributed by atoms with Gasteiger partial charge in [0, 0.05) is 25.4 Å². The molecular formula is C15H25N5O. The Labute approximate surface area is 126 Å². The van der Waals surface area contributed by atoms with Gasteiger partial charge in [-0.15, -0.1) is 0 Å². The summed E-state index contributed by atoms with van der Waals surface area (Å²) >= 11 is 0. The molecule has 1 aliphatic rings. The molecule has 1 aromatic heterocycles. The van der Waals surface area contributed by atoms with Gasteiger partial charge >= 0.3 is 0 Å². The average Bonchev–Trinajstić information content (AvgIpc) is 2.88. The van der Waals surface area contributed by atoms with Crippen LogP contribution in [0, 0.1) is 6.92 Å². The number of hydrogen-bond acceptors (Lipinski definition) is 5. The summed E-state index contributed by atoms with van der Waals surface area (Å²) in [5.74, 6) is 0.848. The van der Waals surface area contributed by atoms with E-state index in [4.69, 9.17) is 0 Å². The number of likely N-dealkylation sites (N-methyl/N-ethyl adjacent to an activating group) is 1. The summed E-state index contributed by atoms with van der Waals surface area (Å²) in [5.41, 5.74) is 2.23. The summed E-state index contributed by atoms with van der Waals surface area (Å²) in [6, 6.07) is 0.221. The minimum atomic E-state index is 0.0573. The van der Waals surface area contributed by atoms with Crippen LogP contribution in [0.3, 0.4) is 0 Å². The van der Waals surface area contributed by atoms with Gasteiger partial charge in [-0.05, 0) is 40.4 Å². The Balaban J connectivity index is 2.26. The van der Waals surface area contributed by atoms with E-state index >= 15 is 0 Å². The topological polar surface area (TPSA) is 61.4 Å². The Hall–Kier alpha value is -1.53. The molecule has 0 spiro atoms. The van der Waals surface area contributed by atoms with E-state index in [9.17, 15) is 4.79 Å². The first-order chi connectivity index (χ1) is 10.0. The molecule has 1 N–H and O–H groups in total. The van der Waals surface area contributed by atoms with Gasteiger partial charge in [0.05, 0.1) is 18.3 Å². The second-order valence-corrected chi connectivity index (χ2v) is 5.87. The first kappa shape index (κ1) is 15.9. The van der Waals surface area contributed by atoms with Gasteiger partial charge in [-0.1, -0.05) is 0 Å². The quantitative estimate of drug-likeness (QED) is 0.866. The molecule has 0 aliphatic carbocycles. The molecule has 0 bridgehead atoms. The number of amides is 1. The fraction of sp³-hybridized carbons (Fsp3) is 0.667. The van der Waals surface area contributed by atoms with Crippen LogP contribution in [0.4, 0.5) is 0 Å². The van der Waals surface area contributed by atoms with Crippen molar-refractivity contribution in [1.29, 1.82) is 0 Å². The summed E-state index contributed by atoms with van der Waals surface area (Å²) in [6.07, 6.45) is 4.08. The highest BCUT2D eigenvalue weighted by atomic mass is 16.1. The van der Waals surface area contributed by atoms with Gasteiger partial charge < -0.3 is 10.2 Å². The van der Waals surface area contributed by atoms with Crippen LogP contribution in [-0.4, -0.2) is 59.9 Å². The van der Waals surface area contributed by atoms with Crippen molar-refractivity contribution >= 4 is 5.91 Å². The van der Waals surface area contributed by atoms with Crippen LogP contribution in [0.2, 0.25) is 0 Å². The summed E-state index contributed by atoms with van der Waals surface area (Å²) in [6.45, 7) is 4.12. The lowest BCUT2D eigenvalue weighted by molar-refractivity contribution is -0.122. The minimum Gasteiger partial charge on any atom is -0.358 e. The molecule has 0 saturated carbocycles. The maximum atomic E-state index is 11.7. The van der Waals surface area contributed by atoms with Gasteiger partial charge in [-0.2, -0.15) is 0 Å². The van der Waals surface area contributed by atoms with E-state index < -0.39 is 0 Å². The van der Waals surface area contributed by atoms with Gasteiger partial charge in [-0.3, -0.25) is 9.69 Å². The molecule has 1 atom stereocenters. The average molecular weight is 291 g/mol. The number of aromatic nitrogens is 2. The maximum Gasteiger partial charge on any atom is 0.233 e. The second-order valence-electron chi connectivity index (χ2n) is 5.87. The lowest BCUT2D eigenvalue weighted by Crippen LogP contribution is -2.36. The van der Waals surface area contributed by atoms with Gasteiger partial charge in [-0.25, -0.2) is 9.97 Å². The molecule has 1 saturated heterocycles. The first-order valence-electron chi connectivity index (χ1n) is 7.43. The van der Waals surface area contributed by atoms with Crippen LogP contribution in [-0.2, 0) is 11.3 Å². The predicted octanol–water partition coefficient (Wildman–Crippen LogP) is 0.730. The van der Waals surface area contributed by atoms with E-state index in [0.717, 1.165) is 43.0 Å². The molecule has 0 unspecified atom stereocenters. The van der Waals surface area contributed by atoms with E-state index in [1.807, 2.05) is 27.2 Å². The minimum absolute atomic E-state index is 0.0573. The number of aryl methyl sites for hydroxylation is 1. The Kier molecular flexibility index (Phi) is 5.25. The maximum absolute atomic E-state index is 11.7. The van der Waals surface area contributed by atoms with Crippen LogP contribution in [0.5, 0.6) is 0 Å². The third kappa shape index (κ3) is 3.98. The highest BCUT2D eigenvalue weighted by Crippen LogP contribution is 2.32. The number of nitrogens with zero attached hydrogens (tertiary/aromatic N) is 4. The third-order valence-electron chi connectivity index (χ3n) is 3.81. The molecule has 2 heterocycles. The molecule has 6 heteroatoms. The number of nitrogens with one attached hydrogen (secondary N) is 1. The van der Waals surface area contributed by atoms with E-state index in [2.05, 4.69) is 25.1 Å². The zero-order chi connectivity index (χ0) is 15.4. The van der Waals surface area contributed by atoms with Gasteiger partial charge in [0.25, 0.3) is 0 Å². The zero-order valence-corrected chi connectivity index (χ0v) is 13.4. The molecule has 1 aromatic rings. The number of likely N-dealkylation sites (tertiary alicyclic amines) is 1. The van der Waals surface area contributed by atoms with Gasteiger partial charge in [0.2, 0.25) is 5.91 Å². The monoisotopic (exact) mass is 291 g/mol. The highest BCUT2D eigenvalue weighted by Gasteiger charge is 2.30. The summed E-state index contributed by atoms with van der Waals surface area (Å²) < 4.78 is 0. The van der Waals surface area contributed by atoms with Gasteiger partial charge in [0.15, 0.2) is 0 Å². The summed E-state index contributed by atoms with van der Waals surface area (Å²) in [5, 5.41) is 2.70. The molecule has 6 nitrogen and oxygen atoms in total. The van der Waals surface area contributed by atoms with E-state index in [-0.39, 0.29) is 11.9 Å². The van der Waals surface area contributed by atoms with Crippen molar-refractivity contribution in [3.05, 3.63) is 23.3 Å². The van der Waals surface area contributed by atoms with E-state index in [1.165, 1.54) is 0 Å². The molecule has 21 heavy (non-hydrogen) atoms. The molecule has 0 aromatic carbocycles. The van der Waals surface area contributed by atoms with Crippen molar-refractivity contribution in [2.45, 2.75) is 32.4 Å². The number of carbonyl (C=O) groups is 1. The van der Waals surface area contributed by atoms with Crippen LogP contribution >= 0.6 is 0 Å². The molecular weight excluding hydrogens is 266 g/mol.